The maximum atomic E-state index is 12.7. The Kier molecular flexibility index (Phi) is 33.7. The van der Waals surface area contributed by atoms with Gasteiger partial charge in [0.15, 0.2) is 0 Å². The molecule has 4 nitrogen and oxygen atoms in total. The van der Waals surface area contributed by atoms with E-state index in [1.54, 1.807) is 0 Å². The predicted molar refractivity (Wildman–Crippen MR) is 314 cm³/mol. The first kappa shape index (κ1) is 64.2. The van der Waals surface area contributed by atoms with Crippen molar-refractivity contribution in [2.24, 2.45) is 16.7 Å². The van der Waals surface area contributed by atoms with E-state index in [4.69, 9.17) is 9.47 Å². The highest BCUT2D eigenvalue weighted by Crippen LogP contribution is 2.44. The molecule has 72 heavy (non-hydrogen) atoms. The average molecular weight is 990 g/mol. The van der Waals surface area contributed by atoms with Crippen LogP contribution >= 0.6 is 0 Å². The Bertz CT molecular complexity index is 1910. The molecule has 0 radical (unpaired) electrons. The summed E-state index contributed by atoms with van der Waals surface area (Å²) in [4.78, 5) is 25.5. The van der Waals surface area contributed by atoms with Crippen LogP contribution in [0.25, 0.3) is 0 Å². The molecule has 404 valence electrons. The van der Waals surface area contributed by atoms with Gasteiger partial charge in [0.2, 0.25) is 0 Å². The summed E-state index contributed by atoms with van der Waals surface area (Å²) in [6, 6.07) is 0. The highest BCUT2D eigenvalue weighted by molar-refractivity contribution is 5.70. The van der Waals surface area contributed by atoms with Crippen LogP contribution in [0.15, 0.2) is 130 Å². The van der Waals surface area contributed by atoms with E-state index in [2.05, 4.69) is 174 Å². The van der Waals surface area contributed by atoms with Gasteiger partial charge in [0.1, 0.15) is 12.2 Å². The molecule has 2 rings (SSSR count). The maximum Gasteiger partial charge on any atom is 0.306 e. The van der Waals surface area contributed by atoms with Crippen molar-refractivity contribution in [3.05, 3.63) is 130 Å². The molecule has 0 aromatic rings. The van der Waals surface area contributed by atoms with Crippen molar-refractivity contribution >= 4 is 11.9 Å². The van der Waals surface area contributed by atoms with Crippen LogP contribution in [0.4, 0.5) is 0 Å². The molecule has 0 aliphatic heterocycles. The van der Waals surface area contributed by atoms with E-state index in [0.29, 0.717) is 18.8 Å². The summed E-state index contributed by atoms with van der Waals surface area (Å²) in [5.41, 5.74) is 8.64. The second-order valence-corrected chi connectivity index (χ2v) is 23.2. The van der Waals surface area contributed by atoms with Gasteiger partial charge in [0.05, 0.1) is 0 Å². The zero-order valence-corrected chi connectivity index (χ0v) is 48.6. The van der Waals surface area contributed by atoms with Crippen molar-refractivity contribution in [3.8, 4) is 0 Å². The average Bonchev–Trinajstić information content (AvgIpc) is 3.30. The summed E-state index contributed by atoms with van der Waals surface area (Å²) in [6.45, 7) is 26.6. The van der Waals surface area contributed by atoms with Gasteiger partial charge in [0, 0.05) is 25.2 Å². The second-order valence-electron chi connectivity index (χ2n) is 23.2. The molecule has 0 aromatic carbocycles. The summed E-state index contributed by atoms with van der Waals surface area (Å²) in [7, 11) is 0. The van der Waals surface area contributed by atoms with Gasteiger partial charge in [-0.1, -0.05) is 288 Å². The topological polar surface area (TPSA) is 52.6 Å². The van der Waals surface area contributed by atoms with Crippen LogP contribution in [-0.4, -0.2) is 24.1 Å². The predicted octanol–water partition coefficient (Wildman–Crippen LogP) is 20.9. The fourth-order valence-electron chi connectivity index (χ4n) is 10.6. The Morgan fingerprint density at radius 3 is 1.38 bits per heavy atom. The van der Waals surface area contributed by atoms with Crippen molar-refractivity contribution in [2.45, 2.75) is 269 Å². The number of allylic oxidation sites excluding steroid dienone is 20. The highest BCUT2D eigenvalue weighted by atomic mass is 16.5. The number of carbonyl (C=O) groups is 2. The summed E-state index contributed by atoms with van der Waals surface area (Å²) in [5, 5.41) is 0. The van der Waals surface area contributed by atoms with Crippen molar-refractivity contribution in [1.82, 2.24) is 0 Å². The number of hydrogen-bond donors (Lipinski definition) is 0. The number of rotatable bonds is 36. The first-order valence-electron chi connectivity index (χ1n) is 29.3. The minimum atomic E-state index is -0.142. The third-order valence-electron chi connectivity index (χ3n) is 14.8. The van der Waals surface area contributed by atoms with Crippen molar-refractivity contribution in [1.29, 1.82) is 0 Å². The van der Waals surface area contributed by atoms with E-state index in [9.17, 15) is 9.59 Å². The monoisotopic (exact) mass is 989 g/mol. The SMILES string of the molecule is CCCCCCCCCCCCCC(=O)O[C@@H]1CC(C)=C(/C=C/C(C)=C/C=C/C(C)=C/C=C/C=C(C)/C=C/C=C(C)/C=C/[C@H]2C(C)=C[C@H](OC(=O)CCCCCCCCCCCCC)CC2(C)C)C(C)(C)C1. The van der Waals surface area contributed by atoms with Crippen LogP contribution in [0, 0.1) is 16.7 Å². The van der Waals surface area contributed by atoms with Crippen molar-refractivity contribution in [3.63, 3.8) is 0 Å². The fraction of sp³-hybridized carbons (Fsp3) is 0.647. The summed E-state index contributed by atoms with van der Waals surface area (Å²) < 4.78 is 12.0. The number of hydrogen-bond acceptors (Lipinski definition) is 4. The van der Waals surface area contributed by atoms with Gasteiger partial charge < -0.3 is 9.47 Å². The van der Waals surface area contributed by atoms with Crippen LogP contribution in [0.3, 0.4) is 0 Å². The number of unbranched alkanes of at least 4 members (excludes halogenated alkanes) is 20. The Balaban J connectivity index is 1.76. The Labute approximate surface area is 444 Å². The molecule has 2 aliphatic rings. The van der Waals surface area contributed by atoms with E-state index in [-0.39, 0.29) is 35.0 Å². The van der Waals surface area contributed by atoms with E-state index in [1.807, 2.05) is 0 Å². The highest BCUT2D eigenvalue weighted by Gasteiger charge is 2.37. The van der Waals surface area contributed by atoms with Crippen molar-refractivity contribution in [2.75, 3.05) is 0 Å². The molecule has 0 saturated carbocycles. The molecule has 0 spiro atoms. The smallest absolute Gasteiger partial charge is 0.306 e. The normalized spacial score (nSPS) is 20.3. The van der Waals surface area contributed by atoms with Gasteiger partial charge >= 0.3 is 11.9 Å². The molecule has 2 aliphatic carbocycles. The summed E-state index contributed by atoms with van der Waals surface area (Å²) in [6.07, 6.45) is 64.1. The third-order valence-corrected chi connectivity index (χ3v) is 14.8. The van der Waals surface area contributed by atoms with E-state index >= 15 is 0 Å². The van der Waals surface area contributed by atoms with E-state index < -0.39 is 0 Å². The molecule has 0 heterocycles. The maximum absolute atomic E-state index is 12.7. The fourth-order valence-corrected chi connectivity index (χ4v) is 10.6. The zero-order chi connectivity index (χ0) is 53.0. The summed E-state index contributed by atoms with van der Waals surface area (Å²) in [5.74, 6) is 0.221. The van der Waals surface area contributed by atoms with Gasteiger partial charge in [-0.2, -0.15) is 0 Å². The lowest BCUT2D eigenvalue weighted by molar-refractivity contribution is -0.151. The molecule has 0 fully saturated rings. The molecule has 0 aromatic heterocycles. The van der Waals surface area contributed by atoms with Gasteiger partial charge in [-0.05, 0) is 89.7 Å². The van der Waals surface area contributed by atoms with E-state index in [1.165, 1.54) is 155 Å². The van der Waals surface area contributed by atoms with Gasteiger partial charge in [-0.25, -0.2) is 0 Å². The molecule has 3 atom stereocenters. The molecular weight excluding hydrogens is 881 g/mol. The van der Waals surface area contributed by atoms with E-state index in [0.717, 1.165) is 44.9 Å². The number of esters is 2. The van der Waals surface area contributed by atoms with Crippen LogP contribution in [0.2, 0.25) is 0 Å². The van der Waals surface area contributed by atoms with Crippen LogP contribution in [0.5, 0.6) is 0 Å². The third kappa shape index (κ3) is 29.7. The molecule has 0 unspecified atom stereocenters. The van der Waals surface area contributed by atoms with Gasteiger partial charge in [-0.15, -0.1) is 0 Å². The number of carbonyl (C=O) groups excluding carboxylic acids is 2. The Morgan fingerprint density at radius 1 is 0.528 bits per heavy atom. The minimum absolute atomic E-state index is 0.00389. The molecule has 4 heteroatoms. The second kappa shape index (κ2) is 37.8. The van der Waals surface area contributed by atoms with Crippen molar-refractivity contribution < 1.29 is 19.1 Å². The van der Waals surface area contributed by atoms with Gasteiger partial charge in [-0.3, -0.25) is 9.59 Å². The quantitative estimate of drug-likeness (QED) is 0.0272. The molecule has 0 saturated heterocycles. The largest absolute Gasteiger partial charge is 0.462 e. The van der Waals surface area contributed by atoms with Crippen LogP contribution in [0.1, 0.15) is 256 Å². The Hall–Kier alpha value is -3.92. The lowest BCUT2D eigenvalue weighted by Gasteiger charge is -2.40. The number of ether oxygens (including phenoxy) is 2. The summed E-state index contributed by atoms with van der Waals surface area (Å²) >= 11 is 0. The molecule has 0 N–H and O–H groups in total. The molecule has 0 amide bonds. The first-order chi connectivity index (χ1) is 34.5. The van der Waals surface area contributed by atoms with Crippen LogP contribution in [-0.2, 0) is 19.1 Å². The Morgan fingerprint density at radius 2 is 0.931 bits per heavy atom. The van der Waals surface area contributed by atoms with Gasteiger partial charge in [0.25, 0.3) is 0 Å². The lowest BCUT2D eigenvalue weighted by atomic mass is 9.67. The van der Waals surface area contributed by atoms with Crippen LogP contribution < -0.4 is 0 Å². The molecule has 0 bridgehead atoms. The minimum Gasteiger partial charge on any atom is -0.462 e. The lowest BCUT2D eigenvalue weighted by Crippen LogP contribution is -2.34. The standard InChI is InChI=1S/C68H108O4/c1-13-15-17-19-21-23-25-27-29-31-33-45-65(69)71-61-51-59(7)63(67(9,10)53-61)49-47-57(5)43-37-41-55(3)39-35-36-40-56(4)42-38-44-58(6)48-50-64-60(8)52-62(54-68(64,11)12)72-66(70)46-34-32-30-28-26-24-22-20-18-16-14-2/h35-44,47-51,61-63H,13-34,45-46,52-54H2,1-12H3/b36-35+,41-37+,42-38+,49-47+,50-48+,55-39+,56-40+,57-43+,58-44+/t61-,62+,63-/m0/s1. The molecular formula is C68H108O4. The first-order valence-corrected chi connectivity index (χ1v) is 29.3. The zero-order valence-electron chi connectivity index (χ0n) is 48.6.